The number of ketones is 1. The fraction of sp³-hybridized carbons (Fsp3) is 0.500. The number of hydrogen-bond acceptors (Lipinski definition) is 9. The molecule has 0 radical (unpaired) electrons. The van der Waals surface area contributed by atoms with Gasteiger partial charge < -0.3 is 29.2 Å². The summed E-state index contributed by atoms with van der Waals surface area (Å²) in [5, 5.41) is 12.6. The third-order valence-electron chi connectivity index (χ3n) is 4.54. The Hall–Kier alpha value is -3.08. The number of methoxy groups -OCH3 is 1. The maximum Gasteiger partial charge on any atom is 0.526 e. The summed E-state index contributed by atoms with van der Waals surface area (Å²) in [6.07, 6.45) is -0.488. The van der Waals surface area contributed by atoms with E-state index in [0.717, 1.165) is 0 Å². The van der Waals surface area contributed by atoms with Crippen molar-refractivity contribution in [3.8, 4) is 5.75 Å². The molecule has 1 aliphatic rings. The predicted molar refractivity (Wildman–Crippen MR) is 108 cm³/mol. The minimum atomic E-state index is -1.33. The normalized spacial score (nSPS) is 15.3. The Morgan fingerprint density at radius 1 is 1.23 bits per heavy atom. The van der Waals surface area contributed by atoms with Crippen molar-refractivity contribution in [2.24, 2.45) is 5.41 Å². The molecule has 2 rings (SSSR count). The lowest BCUT2D eigenvalue weighted by Gasteiger charge is -2.28. The van der Waals surface area contributed by atoms with Crippen molar-refractivity contribution < 1.29 is 43.1 Å². The number of carbonyl (C=O) groups is 4. The molecule has 0 aliphatic carbocycles. The van der Waals surface area contributed by atoms with Crippen molar-refractivity contribution >= 4 is 30.9 Å². The Morgan fingerprint density at radius 3 is 2.58 bits per heavy atom. The molecule has 1 aromatic carbocycles. The van der Waals surface area contributed by atoms with Gasteiger partial charge in [-0.25, -0.2) is 9.59 Å². The lowest BCUT2D eigenvalue weighted by molar-refractivity contribution is -0.161. The molecule has 0 unspecified atom stereocenters. The topological polar surface area (TPSA) is 137 Å². The second-order valence-corrected chi connectivity index (χ2v) is 8.09. The fourth-order valence-electron chi connectivity index (χ4n) is 2.86. The molecule has 1 heterocycles. The van der Waals surface area contributed by atoms with E-state index in [9.17, 15) is 24.2 Å². The van der Waals surface area contributed by atoms with Gasteiger partial charge in [0.05, 0.1) is 19.1 Å². The molecule has 1 atom stereocenters. The summed E-state index contributed by atoms with van der Waals surface area (Å²) in [6, 6.07) is 4.79. The number of amides is 1. The average molecular weight is 435 g/mol. The first-order valence-corrected chi connectivity index (χ1v) is 9.67. The molecule has 1 aromatic rings. The van der Waals surface area contributed by atoms with Crippen LogP contribution in [0.5, 0.6) is 5.75 Å². The van der Waals surface area contributed by atoms with Gasteiger partial charge in [-0.2, -0.15) is 0 Å². The summed E-state index contributed by atoms with van der Waals surface area (Å²) >= 11 is 0. The maximum absolute atomic E-state index is 12.4. The van der Waals surface area contributed by atoms with Crippen LogP contribution in [0.1, 0.15) is 43.1 Å². The summed E-state index contributed by atoms with van der Waals surface area (Å²) in [5.41, 5.74) is -0.0460. The minimum Gasteiger partial charge on any atom is -0.535 e. The molecule has 0 aromatic heterocycles. The van der Waals surface area contributed by atoms with Gasteiger partial charge in [-0.05, 0) is 38.8 Å². The van der Waals surface area contributed by atoms with Crippen molar-refractivity contribution in [1.82, 2.24) is 5.32 Å². The number of fused-ring (bicyclic) bond motifs is 1. The van der Waals surface area contributed by atoms with E-state index in [-0.39, 0.29) is 36.5 Å². The molecule has 0 spiro atoms. The Labute approximate surface area is 180 Å². The van der Waals surface area contributed by atoms with Gasteiger partial charge in [0.15, 0.2) is 5.78 Å². The first-order valence-electron chi connectivity index (χ1n) is 9.67. The molecule has 31 heavy (non-hydrogen) atoms. The van der Waals surface area contributed by atoms with Crippen LogP contribution in [-0.4, -0.2) is 56.4 Å². The molecule has 168 valence electrons. The van der Waals surface area contributed by atoms with Gasteiger partial charge in [-0.3, -0.25) is 9.59 Å². The molecule has 1 amide bonds. The number of rotatable bonds is 7. The molecular weight excluding hydrogens is 409 g/mol. The highest BCUT2D eigenvalue weighted by molar-refractivity contribution is 6.47. The van der Waals surface area contributed by atoms with Gasteiger partial charge in [0.25, 0.3) is 0 Å². The summed E-state index contributed by atoms with van der Waals surface area (Å²) in [4.78, 5) is 47.3. The highest BCUT2D eigenvalue weighted by Crippen LogP contribution is 2.36. The summed E-state index contributed by atoms with van der Waals surface area (Å²) in [6.45, 7) is 4.24. The van der Waals surface area contributed by atoms with Gasteiger partial charge in [-0.1, -0.05) is 12.1 Å². The molecule has 0 fully saturated rings. The van der Waals surface area contributed by atoms with E-state index in [1.165, 1.54) is 13.2 Å². The molecule has 2 N–H and O–H groups in total. The largest absolute Gasteiger partial charge is 0.535 e. The molecule has 11 heteroatoms. The van der Waals surface area contributed by atoms with Crippen molar-refractivity contribution in [2.75, 3.05) is 20.4 Å². The van der Waals surface area contributed by atoms with Gasteiger partial charge in [0.2, 0.25) is 6.79 Å². The number of hydrogen-bond donors (Lipinski definition) is 2. The summed E-state index contributed by atoms with van der Waals surface area (Å²) in [7, 11) is -0.144. The van der Waals surface area contributed by atoms with Crippen molar-refractivity contribution in [2.45, 2.75) is 39.4 Å². The van der Waals surface area contributed by atoms with E-state index in [0.29, 0.717) is 5.56 Å². The molecule has 0 saturated heterocycles. The van der Waals surface area contributed by atoms with E-state index >= 15 is 0 Å². The Kier molecular flexibility index (Phi) is 8.04. The monoisotopic (exact) mass is 435 g/mol. The number of ether oxygens (including phenoxy) is 3. The quantitative estimate of drug-likeness (QED) is 0.371. The van der Waals surface area contributed by atoms with Crippen LogP contribution in [0.3, 0.4) is 0 Å². The number of nitrogens with one attached hydrogen (secondary N) is 1. The standard InChI is InChI=1S/C20H26BNO9/c1-20(2,3)18(25)30-11-29-17(24)15-7-5-6-12-8-13(21(27)31-16(12)15)9-14(23)10-22-19(26)28-4/h5-7,13,27H,8-11H2,1-4H3,(H,22,26)/t13-/m1/s1. The third-order valence-corrected chi connectivity index (χ3v) is 4.54. The van der Waals surface area contributed by atoms with Gasteiger partial charge in [0, 0.05) is 12.2 Å². The summed E-state index contributed by atoms with van der Waals surface area (Å²) in [5.74, 6) is -2.01. The first-order chi connectivity index (χ1) is 14.5. The number of para-hydroxylation sites is 1. The van der Waals surface area contributed by atoms with E-state index < -0.39 is 43.2 Å². The average Bonchev–Trinajstić information content (AvgIpc) is 2.71. The van der Waals surface area contributed by atoms with Crippen LogP contribution in [0.2, 0.25) is 5.82 Å². The zero-order valence-corrected chi connectivity index (χ0v) is 17.9. The number of benzene rings is 1. The van der Waals surface area contributed by atoms with Gasteiger partial charge in [-0.15, -0.1) is 0 Å². The van der Waals surface area contributed by atoms with Crippen molar-refractivity contribution in [3.05, 3.63) is 29.3 Å². The highest BCUT2D eigenvalue weighted by atomic mass is 16.7. The minimum absolute atomic E-state index is 0.0397. The van der Waals surface area contributed by atoms with Crippen LogP contribution in [0, 0.1) is 5.41 Å². The molecule has 1 aliphatic heterocycles. The Morgan fingerprint density at radius 2 is 1.94 bits per heavy atom. The summed E-state index contributed by atoms with van der Waals surface area (Å²) < 4.78 is 19.8. The van der Waals surface area contributed by atoms with Crippen LogP contribution in [-0.2, 0) is 30.2 Å². The van der Waals surface area contributed by atoms with Crippen LogP contribution >= 0.6 is 0 Å². The van der Waals surface area contributed by atoms with Crippen molar-refractivity contribution in [1.29, 1.82) is 0 Å². The van der Waals surface area contributed by atoms with Crippen LogP contribution in [0.15, 0.2) is 18.2 Å². The fourth-order valence-corrected chi connectivity index (χ4v) is 2.86. The van der Waals surface area contributed by atoms with Gasteiger partial charge >= 0.3 is 25.2 Å². The highest BCUT2D eigenvalue weighted by Gasteiger charge is 2.38. The number of esters is 2. The first kappa shape index (κ1) is 24.2. The third kappa shape index (κ3) is 6.71. The van der Waals surface area contributed by atoms with Crippen LogP contribution in [0.4, 0.5) is 4.79 Å². The molecule has 10 nitrogen and oxygen atoms in total. The molecular formula is C20H26BNO9. The number of Topliss-reactive ketones (excluding diaryl/α,β-unsaturated/α-hetero) is 1. The van der Waals surface area contributed by atoms with Crippen molar-refractivity contribution in [3.63, 3.8) is 0 Å². The molecule has 0 saturated carbocycles. The predicted octanol–water partition coefficient (Wildman–Crippen LogP) is 1.49. The zero-order chi connectivity index (χ0) is 23.2. The van der Waals surface area contributed by atoms with Crippen LogP contribution in [0.25, 0.3) is 0 Å². The lowest BCUT2D eigenvalue weighted by Crippen LogP contribution is -2.37. The van der Waals surface area contributed by atoms with Crippen LogP contribution < -0.4 is 9.97 Å². The zero-order valence-electron chi connectivity index (χ0n) is 17.9. The SMILES string of the molecule is COC(=O)NCC(=O)C[C@H]1Cc2cccc(C(=O)OCOC(=O)C(C)(C)C)c2OB1O. The van der Waals surface area contributed by atoms with Gasteiger partial charge in [0.1, 0.15) is 11.3 Å². The van der Waals surface area contributed by atoms with E-state index in [2.05, 4.69) is 10.1 Å². The molecule has 0 bridgehead atoms. The second-order valence-electron chi connectivity index (χ2n) is 8.09. The smallest absolute Gasteiger partial charge is 0.526 e. The lowest BCUT2D eigenvalue weighted by atomic mass is 9.64. The van der Waals surface area contributed by atoms with E-state index in [4.69, 9.17) is 14.1 Å². The van der Waals surface area contributed by atoms with E-state index in [1.807, 2.05) is 0 Å². The Bertz CT molecular complexity index is 850. The van der Waals surface area contributed by atoms with E-state index in [1.54, 1.807) is 32.9 Å². The maximum atomic E-state index is 12.4. The number of carbonyl (C=O) groups excluding carboxylic acids is 4. The number of alkyl carbamates (subject to hydrolysis) is 1. The Balaban J connectivity index is 2.00. The second kappa shape index (κ2) is 10.3.